The van der Waals surface area contributed by atoms with E-state index in [9.17, 15) is 19.1 Å². The number of aromatic nitrogens is 1. The van der Waals surface area contributed by atoms with E-state index >= 15 is 0 Å². The summed E-state index contributed by atoms with van der Waals surface area (Å²) in [6.45, 7) is 0.344. The van der Waals surface area contributed by atoms with Crippen LogP contribution in [0.15, 0.2) is 60.8 Å². The zero-order valence-electron chi connectivity index (χ0n) is 14.1. The number of aliphatic carboxylic acids is 1. The molecule has 0 aliphatic carbocycles. The van der Waals surface area contributed by atoms with Crippen LogP contribution in [0.5, 0.6) is 0 Å². The third-order valence-corrected chi connectivity index (χ3v) is 4.23. The van der Waals surface area contributed by atoms with Gasteiger partial charge in [0.15, 0.2) is 0 Å². The van der Waals surface area contributed by atoms with E-state index in [4.69, 9.17) is 0 Å². The second-order valence-corrected chi connectivity index (χ2v) is 6.11. The Labute approximate surface area is 150 Å². The van der Waals surface area contributed by atoms with Gasteiger partial charge in [-0.1, -0.05) is 30.3 Å². The van der Waals surface area contributed by atoms with Crippen molar-refractivity contribution in [1.82, 2.24) is 9.88 Å². The van der Waals surface area contributed by atoms with Gasteiger partial charge in [-0.05, 0) is 35.2 Å². The van der Waals surface area contributed by atoms with Gasteiger partial charge in [-0.2, -0.15) is 0 Å². The van der Waals surface area contributed by atoms with E-state index in [0.29, 0.717) is 12.1 Å². The van der Waals surface area contributed by atoms with Gasteiger partial charge in [0.1, 0.15) is 11.9 Å². The number of nitrogens with one attached hydrogen (secondary N) is 1. The number of benzene rings is 2. The third-order valence-electron chi connectivity index (χ3n) is 4.23. The van der Waals surface area contributed by atoms with Crippen molar-refractivity contribution < 1.29 is 19.1 Å². The lowest BCUT2D eigenvalue weighted by atomic mass is 10.1. The smallest absolute Gasteiger partial charge is 0.326 e. The summed E-state index contributed by atoms with van der Waals surface area (Å²) >= 11 is 0. The van der Waals surface area contributed by atoms with Crippen molar-refractivity contribution >= 4 is 22.8 Å². The molecule has 26 heavy (non-hydrogen) atoms. The number of hydrogen-bond donors (Lipinski definition) is 2. The standard InChI is InChI=1S/C20H19FN2O3/c21-16-7-6-15-8-10-23(18(15)13-16)11-9-19(24)22-17(20(25)26)12-14-4-2-1-3-5-14/h1-8,10,13,17H,9,11-12H2,(H,22,24)(H,25,26)/t17-/m1/s1. The number of carboxylic acid groups (broad SMARTS) is 1. The van der Waals surface area contributed by atoms with Crippen LogP contribution in [-0.2, 0) is 22.6 Å². The normalized spacial score (nSPS) is 12.0. The van der Waals surface area contributed by atoms with Crippen LogP contribution < -0.4 is 5.32 Å². The first-order valence-electron chi connectivity index (χ1n) is 8.33. The molecule has 0 saturated heterocycles. The summed E-state index contributed by atoms with van der Waals surface area (Å²) in [5.41, 5.74) is 1.55. The SMILES string of the molecule is O=C(CCn1ccc2ccc(F)cc21)N[C@H](Cc1ccccc1)C(=O)O. The highest BCUT2D eigenvalue weighted by atomic mass is 19.1. The molecule has 0 radical (unpaired) electrons. The van der Waals surface area contributed by atoms with Crippen molar-refractivity contribution in [2.24, 2.45) is 0 Å². The Hall–Kier alpha value is -3.15. The number of carboxylic acids is 1. The van der Waals surface area contributed by atoms with Gasteiger partial charge >= 0.3 is 5.97 Å². The van der Waals surface area contributed by atoms with Crippen molar-refractivity contribution in [1.29, 1.82) is 0 Å². The van der Waals surface area contributed by atoms with Gasteiger partial charge in [-0.25, -0.2) is 9.18 Å². The average molecular weight is 354 g/mol. The van der Waals surface area contributed by atoms with Crippen molar-refractivity contribution in [2.75, 3.05) is 0 Å². The maximum atomic E-state index is 13.4. The second-order valence-electron chi connectivity index (χ2n) is 6.11. The number of hydrogen-bond acceptors (Lipinski definition) is 2. The Kier molecular flexibility index (Phi) is 5.31. The van der Waals surface area contributed by atoms with Gasteiger partial charge in [0.05, 0.1) is 5.52 Å². The molecule has 0 fully saturated rings. The minimum absolute atomic E-state index is 0.110. The number of carbonyl (C=O) groups is 2. The van der Waals surface area contributed by atoms with Crippen molar-refractivity contribution in [2.45, 2.75) is 25.4 Å². The lowest BCUT2D eigenvalue weighted by Gasteiger charge is -2.15. The first kappa shape index (κ1) is 17.7. The van der Waals surface area contributed by atoms with E-state index in [-0.39, 0.29) is 24.6 Å². The minimum atomic E-state index is -1.07. The lowest BCUT2D eigenvalue weighted by Crippen LogP contribution is -2.42. The van der Waals surface area contributed by atoms with Gasteiger partial charge in [0, 0.05) is 25.6 Å². The largest absolute Gasteiger partial charge is 0.480 e. The number of aryl methyl sites for hydroxylation is 1. The summed E-state index contributed by atoms with van der Waals surface area (Å²) in [6, 6.07) is 14.5. The number of fused-ring (bicyclic) bond motifs is 1. The Bertz CT molecular complexity index is 921. The lowest BCUT2D eigenvalue weighted by molar-refractivity contribution is -0.141. The maximum absolute atomic E-state index is 13.4. The molecule has 5 nitrogen and oxygen atoms in total. The molecule has 0 aliphatic heterocycles. The van der Waals surface area contributed by atoms with Crippen LogP contribution in [-0.4, -0.2) is 27.6 Å². The molecular formula is C20H19FN2O3. The first-order chi connectivity index (χ1) is 12.5. The van der Waals surface area contributed by atoms with E-state index in [1.807, 2.05) is 36.4 Å². The van der Waals surface area contributed by atoms with E-state index in [1.54, 1.807) is 16.8 Å². The van der Waals surface area contributed by atoms with E-state index < -0.39 is 12.0 Å². The summed E-state index contributed by atoms with van der Waals surface area (Å²) in [7, 11) is 0. The molecule has 0 unspecified atom stereocenters. The molecule has 2 N–H and O–H groups in total. The number of nitrogens with zero attached hydrogens (tertiary/aromatic N) is 1. The number of rotatable bonds is 7. The van der Waals surface area contributed by atoms with E-state index in [2.05, 4.69) is 5.32 Å². The molecule has 0 bridgehead atoms. The summed E-state index contributed by atoms with van der Waals surface area (Å²) in [5.74, 6) is -1.77. The van der Waals surface area contributed by atoms with Crippen molar-refractivity contribution in [3.8, 4) is 0 Å². The molecule has 1 aromatic heterocycles. The summed E-state index contributed by atoms with van der Waals surface area (Å²) < 4.78 is 15.2. The molecule has 6 heteroatoms. The predicted molar refractivity (Wildman–Crippen MR) is 96.2 cm³/mol. The topological polar surface area (TPSA) is 71.3 Å². The molecule has 3 aromatic rings. The fourth-order valence-corrected chi connectivity index (χ4v) is 2.89. The van der Waals surface area contributed by atoms with E-state index in [1.165, 1.54) is 12.1 Å². The van der Waals surface area contributed by atoms with Crippen LogP contribution in [0.2, 0.25) is 0 Å². The van der Waals surface area contributed by atoms with E-state index in [0.717, 1.165) is 10.9 Å². The summed E-state index contributed by atoms with van der Waals surface area (Å²) in [6.07, 6.45) is 2.12. The molecule has 1 atom stereocenters. The highest BCUT2D eigenvalue weighted by Gasteiger charge is 2.20. The zero-order chi connectivity index (χ0) is 18.5. The van der Waals surface area contributed by atoms with Gasteiger partial charge in [-0.3, -0.25) is 4.79 Å². The van der Waals surface area contributed by atoms with Crippen LogP contribution >= 0.6 is 0 Å². The van der Waals surface area contributed by atoms with Gasteiger partial charge in [-0.15, -0.1) is 0 Å². The molecular weight excluding hydrogens is 335 g/mol. The number of amides is 1. The molecule has 2 aromatic carbocycles. The predicted octanol–water partition coefficient (Wildman–Crippen LogP) is 2.98. The van der Waals surface area contributed by atoms with Crippen molar-refractivity contribution in [3.05, 3.63) is 72.2 Å². The summed E-state index contributed by atoms with van der Waals surface area (Å²) in [5, 5.41) is 12.8. The molecule has 0 spiro atoms. The second kappa shape index (κ2) is 7.82. The molecule has 0 saturated carbocycles. The monoisotopic (exact) mass is 354 g/mol. The molecule has 3 rings (SSSR count). The summed E-state index contributed by atoms with van der Waals surface area (Å²) in [4.78, 5) is 23.6. The van der Waals surface area contributed by atoms with Gasteiger partial charge in [0.2, 0.25) is 5.91 Å². The minimum Gasteiger partial charge on any atom is -0.480 e. The van der Waals surface area contributed by atoms with Crippen LogP contribution in [0.1, 0.15) is 12.0 Å². The quantitative estimate of drug-likeness (QED) is 0.685. The highest BCUT2D eigenvalue weighted by molar-refractivity contribution is 5.84. The van der Waals surface area contributed by atoms with Crippen LogP contribution in [0.4, 0.5) is 4.39 Å². The zero-order valence-corrected chi connectivity index (χ0v) is 14.1. The fraction of sp³-hybridized carbons (Fsp3) is 0.200. The first-order valence-corrected chi connectivity index (χ1v) is 8.33. The van der Waals surface area contributed by atoms with Crippen molar-refractivity contribution in [3.63, 3.8) is 0 Å². The van der Waals surface area contributed by atoms with Crippen LogP contribution in [0.3, 0.4) is 0 Å². The van der Waals surface area contributed by atoms with Crippen LogP contribution in [0, 0.1) is 5.82 Å². The molecule has 1 heterocycles. The Morgan fingerprint density at radius 1 is 1.12 bits per heavy atom. The molecule has 0 aliphatic rings. The van der Waals surface area contributed by atoms with Gasteiger partial charge in [0.25, 0.3) is 0 Å². The van der Waals surface area contributed by atoms with Crippen LogP contribution in [0.25, 0.3) is 10.9 Å². The van der Waals surface area contributed by atoms with Gasteiger partial charge < -0.3 is 15.0 Å². The molecule has 1 amide bonds. The fourth-order valence-electron chi connectivity index (χ4n) is 2.89. The highest BCUT2D eigenvalue weighted by Crippen LogP contribution is 2.17. The maximum Gasteiger partial charge on any atom is 0.326 e. The average Bonchev–Trinajstić information content (AvgIpc) is 3.02. The Morgan fingerprint density at radius 2 is 1.88 bits per heavy atom. The number of halogens is 1. The Morgan fingerprint density at radius 3 is 2.62 bits per heavy atom. The molecule has 134 valence electrons. The third kappa shape index (κ3) is 4.27. The number of carbonyl (C=O) groups excluding carboxylic acids is 1. The Balaban J connectivity index is 1.61.